The van der Waals surface area contributed by atoms with Crippen molar-refractivity contribution in [1.82, 2.24) is 0 Å². The number of aliphatic carboxylic acids is 1. The first-order valence-corrected chi connectivity index (χ1v) is 7.85. The van der Waals surface area contributed by atoms with Crippen molar-refractivity contribution in [2.75, 3.05) is 0 Å². The van der Waals surface area contributed by atoms with E-state index < -0.39 is 5.97 Å². The standard InChI is InChI=1S/C18H26O3/c1-18(2,3)15-10-12(11-16(19)20)9-14(17(15)21)13-7-5-4-6-8-13/h9-10,13,21H,4-8,11H2,1-3H3,(H,19,20)/p-1. The fourth-order valence-corrected chi connectivity index (χ4v) is 3.28. The maximum absolute atomic E-state index is 10.9. The Balaban J connectivity index is 2.48. The number of benzene rings is 1. The van der Waals surface area contributed by atoms with Crippen LogP contribution in [0.15, 0.2) is 12.1 Å². The largest absolute Gasteiger partial charge is 0.550 e. The number of phenols is 1. The molecule has 1 aliphatic carbocycles. The third-order valence-electron chi connectivity index (χ3n) is 4.40. The highest BCUT2D eigenvalue weighted by molar-refractivity contribution is 5.68. The Morgan fingerprint density at radius 3 is 2.38 bits per heavy atom. The molecule has 1 aromatic carbocycles. The molecule has 0 aromatic heterocycles. The van der Waals surface area contributed by atoms with Crippen molar-refractivity contribution in [1.29, 1.82) is 0 Å². The van der Waals surface area contributed by atoms with Crippen molar-refractivity contribution in [2.45, 2.75) is 70.6 Å². The van der Waals surface area contributed by atoms with Crippen LogP contribution in [0.2, 0.25) is 0 Å². The Morgan fingerprint density at radius 1 is 1.24 bits per heavy atom. The van der Waals surface area contributed by atoms with E-state index in [1.165, 1.54) is 19.3 Å². The van der Waals surface area contributed by atoms with Crippen molar-refractivity contribution in [3.8, 4) is 5.75 Å². The Labute approximate surface area is 127 Å². The number of carbonyl (C=O) groups excluding carboxylic acids is 1. The van der Waals surface area contributed by atoms with Gasteiger partial charge in [0.25, 0.3) is 0 Å². The molecular formula is C18H25O3-. The molecule has 2 rings (SSSR count). The van der Waals surface area contributed by atoms with Crippen LogP contribution in [0.1, 0.15) is 75.5 Å². The van der Waals surface area contributed by atoms with Crippen molar-refractivity contribution in [2.24, 2.45) is 0 Å². The number of rotatable bonds is 3. The third kappa shape index (κ3) is 3.78. The molecule has 0 amide bonds. The molecule has 1 fully saturated rings. The smallest absolute Gasteiger partial charge is 0.122 e. The summed E-state index contributed by atoms with van der Waals surface area (Å²) < 4.78 is 0. The first kappa shape index (κ1) is 15.9. The minimum Gasteiger partial charge on any atom is -0.550 e. The second-order valence-corrected chi connectivity index (χ2v) is 7.21. The Kier molecular flexibility index (Phi) is 4.60. The van der Waals surface area contributed by atoms with Crippen LogP contribution in [0, 0.1) is 0 Å². The van der Waals surface area contributed by atoms with E-state index >= 15 is 0 Å². The second-order valence-electron chi connectivity index (χ2n) is 7.21. The molecule has 1 aromatic rings. The number of hydrogen-bond acceptors (Lipinski definition) is 3. The van der Waals surface area contributed by atoms with Gasteiger partial charge in [0, 0.05) is 12.4 Å². The van der Waals surface area contributed by atoms with E-state index in [2.05, 4.69) is 0 Å². The van der Waals surface area contributed by atoms with Gasteiger partial charge in [0.2, 0.25) is 0 Å². The lowest BCUT2D eigenvalue weighted by molar-refractivity contribution is -0.304. The van der Waals surface area contributed by atoms with E-state index in [1.54, 1.807) is 0 Å². The van der Waals surface area contributed by atoms with Gasteiger partial charge in [-0.1, -0.05) is 52.2 Å². The van der Waals surface area contributed by atoms with Crippen LogP contribution in [0.4, 0.5) is 0 Å². The van der Waals surface area contributed by atoms with Gasteiger partial charge in [-0.3, -0.25) is 0 Å². The minimum atomic E-state index is -1.07. The molecule has 1 N–H and O–H groups in total. The van der Waals surface area contributed by atoms with Gasteiger partial charge in [-0.2, -0.15) is 0 Å². The average molecular weight is 289 g/mol. The van der Waals surface area contributed by atoms with Crippen LogP contribution in [0.25, 0.3) is 0 Å². The summed E-state index contributed by atoms with van der Waals surface area (Å²) in [5.41, 5.74) is 2.29. The fourth-order valence-electron chi connectivity index (χ4n) is 3.28. The first-order chi connectivity index (χ1) is 9.79. The summed E-state index contributed by atoms with van der Waals surface area (Å²) >= 11 is 0. The highest BCUT2D eigenvalue weighted by Gasteiger charge is 2.25. The van der Waals surface area contributed by atoms with E-state index in [9.17, 15) is 15.0 Å². The number of carboxylic acids is 1. The van der Waals surface area contributed by atoms with E-state index in [1.807, 2.05) is 32.9 Å². The van der Waals surface area contributed by atoms with Crippen molar-refractivity contribution in [3.63, 3.8) is 0 Å². The van der Waals surface area contributed by atoms with Crippen LogP contribution >= 0.6 is 0 Å². The Bertz CT molecular complexity index is 520. The third-order valence-corrected chi connectivity index (χ3v) is 4.40. The number of carboxylic acid groups (broad SMARTS) is 1. The molecule has 3 nitrogen and oxygen atoms in total. The van der Waals surface area contributed by atoms with Crippen molar-refractivity contribution >= 4 is 5.97 Å². The second kappa shape index (κ2) is 6.08. The molecule has 0 aliphatic heterocycles. The quantitative estimate of drug-likeness (QED) is 0.930. The van der Waals surface area contributed by atoms with Crippen LogP contribution in [0.5, 0.6) is 5.75 Å². The molecule has 0 spiro atoms. The Morgan fingerprint density at radius 2 is 1.86 bits per heavy atom. The molecule has 0 radical (unpaired) electrons. The zero-order chi connectivity index (χ0) is 15.6. The molecule has 21 heavy (non-hydrogen) atoms. The van der Waals surface area contributed by atoms with Gasteiger partial charge in [-0.15, -0.1) is 0 Å². The average Bonchev–Trinajstić information content (AvgIpc) is 2.39. The number of aromatic hydroxyl groups is 1. The van der Waals surface area contributed by atoms with Gasteiger partial charge < -0.3 is 15.0 Å². The number of phenolic OH excluding ortho intramolecular Hbond substituents is 1. The molecule has 0 bridgehead atoms. The number of carbonyl (C=O) groups is 1. The molecular weight excluding hydrogens is 264 g/mol. The summed E-state index contributed by atoms with van der Waals surface area (Å²) in [6, 6.07) is 3.69. The summed E-state index contributed by atoms with van der Waals surface area (Å²) in [5.74, 6) is -0.367. The normalized spacial score (nSPS) is 16.9. The molecule has 3 heteroatoms. The lowest BCUT2D eigenvalue weighted by Crippen LogP contribution is -2.25. The van der Waals surface area contributed by atoms with Crippen molar-refractivity contribution in [3.05, 3.63) is 28.8 Å². The van der Waals surface area contributed by atoms with Crippen LogP contribution < -0.4 is 5.11 Å². The van der Waals surface area contributed by atoms with Gasteiger partial charge >= 0.3 is 0 Å². The topological polar surface area (TPSA) is 60.4 Å². The summed E-state index contributed by atoms with van der Waals surface area (Å²) in [6.07, 6.45) is 5.67. The van der Waals surface area contributed by atoms with Crippen LogP contribution in [0.3, 0.4) is 0 Å². The van der Waals surface area contributed by atoms with Crippen LogP contribution in [-0.4, -0.2) is 11.1 Å². The van der Waals surface area contributed by atoms with E-state index in [0.29, 0.717) is 11.7 Å². The SMILES string of the molecule is CC(C)(C)c1cc(CC(=O)[O-])cc(C2CCCCC2)c1O. The van der Waals surface area contributed by atoms with Crippen LogP contribution in [-0.2, 0) is 16.6 Å². The zero-order valence-corrected chi connectivity index (χ0v) is 13.2. The predicted molar refractivity (Wildman–Crippen MR) is 81.3 cm³/mol. The van der Waals surface area contributed by atoms with Gasteiger partial charge in [0.1, 0.15) is 5.75 Å². The molecule has 1 saturated carbocycles. The van der Waals surface area contributed by atoms with Gasteiger partial charge in [0.05, 0.1) is 0 Å². The maximum atomic E-state index is 10.9. The first-order valence-electron chi connectivity index (χ1n) is 7.85. The molecule has 116 valence electrons. The molecule has 0 saturated heterocycles. The molecule has 0 unspecified atom stereocenters. The molecule has 0 heterocycles. The Hall–Kier alpha value is -1.51. The monoisotopic (exact) mass is 289 g/mol. The number of hydrogen-bond donors (Lipinski definition) is 1. The van der Waals surface area contributed by atoms with Gasteiger partial charge in [-0.05, 0) is 40.9 Å². The van der Waals surface area contributed by atoms with E-state index in [4.69, 9.17) is 0 Å². The van der Waals surface area contributed by atoms with Crippen molar-refractivity contribution < 1.29 is 15.0 Å². The maximum Gasteiger partial charge on any atom is 0.122 e. The van der Waals surface area contributed by atoms with E-state index in [0.717, 1.165) is 29.5 Å². The summed E-state index contributed by atoms with van der Waals surface area (Å²) in [6.45, 7) is 6.11. The minimum absolute atomic E-state index is 0.0942. The summed E-state index contributed by atoms with van der Waals surface area (Å²) in [4.78, 5) is 10.9. The lowest BCUT2D eigenvalue weighted by Gasteiger charge is -2.28. The fraction of sp³-hybridized carbons (Fsp3) is 0.611. The molecule has 1 aliphatic rings. The molecule has 0 atom stereocenters. The summed E-state index contributed by atoms with van der Waals surface area (Å²) in [5, 5.41) is 21.6. The van der Waals surface area contributed by atoms with Gasteiger partial charge in [-0.25, -0.2) is 0 Å². The zero-order valence-electron chi connectivity index (χ0n) is 13.2. The highest BCUT2D eigenvalue weighted by atomic mass is 16.4. The predicted octanol–water partition coefficient (Wildman–Crippen LogP) is 3.03. The summed E-state index contributed by atoms with van der Waals surface area (Å²) in [7, 11) is 0. The van der Waals surface area contributed by atoms with E-state index in [-0.39, 0.29) is 11.8 Å². The highest BCUT2D eigenvalue weighted by Crippen LogP contribution is 2.42. The lowest BCUT2D eigenvalue weighted by atomic mass is 9.78. The van der Waals surface area contributed by atoms with Gasteiger partial charge in [0.15, 0.2) is 0 Å².